The monoisotopic (exact) mass is 267 g/mol. The maximum Gasteiger partial charge on any atom is 0.223 e. The fraction of sp³-hybridized carbons (Fsp3) is 0.933. The SMILES string of the molecule is CC(C(=O)NCC1CCCN(C(C)C)C1)C1CNC1. The van der Waals surface area contributed by atoms with Crippen molar-refractivity contribution in [2.24, 2.45) is 17.8 Å². The highest BCUT2D eigenvalue weighted by molar-refractivity contribution is 5.78. The maximum atomic E-state index is 12.1. The molecule has 1 amide bonds. The van der Waals surface area contributed by atoms with Gasteiger partial charge in [0.25, 0.3) is 0 Å². The molecule has 0 aliphatic carbocycles. The van der Waals surface area contributed by atoms with Crippen molar-refractivity contribution in [1.82, 2.24) is 15.5 Å². The van der Waals surface area contributed by atoms with Gasteiger partial charge in [0.05, 0.1) is 0 Å². The zero-order valence-corrected chi connectivity index (χ0v) is 12.6. The number of carbonyl (C=O) groups is 1. The van der Waals surface area contributed by atoms with Crippen molar-refractivity contribution in [3.63, 3.8) is 0 Å². The molecule has 2 aliphatic rings. The molecule has 0 radical (unpaired) electrons. The first-order valence-electron chi connectivity index (χ1n) is 7.80. The van der Waals surface area contributed by atoms with Gasteiger partial charge < -0.3 is 15.5 Å². The lowest BCUT2D eigenvalue weighted by Crippen LogP contribution is -2.50. The Hall–Kier alpha value is -0.610. The minimum Gasteiger partial charge on any atom is -0.356 e. The summed E-state index contributed by atoms with van der Waals surface area (Å²) in [7, 11) is 0. The number of nitrogens with zero attached hydrogens (tertiary/aromatic N) is 1. The number of likely N-dealkylation sites (tertiary alicyclic amines) is 1. The van der Waals surface area contributed by atoms with Crippen molar-refractivity contribution < 1.29 is 4.79 Å². The Kier molecular flexibility index (Phi) is 5.22. The van der Waals surface area contributed by atoms with E-state index in [4.69, 9.17) is 0 Å². The molecule has 0 aromatic heterocycles. The van der Waals surface area contributed by atoms with E-state index in [1.165, 1.54) is 19.4 Å². The normalized spacial score (nSPS) is 27.1. The largest absolute Gasteiger partial charge is 0.356 e. The third-order valence-electron chi connectivity index (χ3n) is 4.78. The van der Waals surface area contributed by atoms with Gasteiger partial charge in [0, 0.05) is 25.0 Å². The molecule has 2 rings (SSSR count). The summed E-state index contributed by atoms with van der Waals surface area (Å²) >= 11 is 0. The number of hydrogen-bond donors (Lipinski definition) is 2. The summed E-state index contributed by atoms with van der Waals surface area (Å²) in [5, 5.41) is 6.40. The quantitative estimate of drug-likeness (QED) is 0.783. The molecule has 2 aliphatic heterocycles. The molecule has 4 heteroatoms. The van der Waals surface area contributed by atoms with Gasteiger partial charge in [-0.2, -0.15) is 0 Å². The van der Waals surface area contributed by atoms with E-state index in [0.29, 0.717) is 17.9 Å². The first kappa shape index (κ1) is 14.8. The number of carbonyl (C=O) groups excluding carboxylic acids is 1. The van der Waals surface area contributed by atoms with Gasteiger partial charge in [-0.15, -0.1) is 0 Å². The van der Waals surface area contributed by atoms with Crippen LogP contribution >= 0.6 is 0 Å². The van der Waals surface area contributed by atoms with Gasteiger partial charge in [0.2, 0.25) is 5.91 Å². The van der Waals surface area contributed by atoms with Crippen molar-refractivity contribution in [2.75, 3.05) is 32.7 Å². The van der Waals surface area contributed by atoms with Gasteiger partial charge in [-0.25, -0.2) is 0 Å². The molecule has 2 atom stereocenters. The Morgan fingerprint density at radius 2 is 2.11 bits per heavy atom. The number of piperidine rings is 1. The summed E-state index contributed by atoms with van der Waals surface area (Å²) in [6.07, 6.45) is 2.52. The van der Waals surface area contributed by atoms with E-state index in [0.717, 1.165) is 26.2 Å². The third-order valence-corrected chi connectivity index (χ3v) is 4.78. The number of amides is 1. The van der Waals surface area contributed by atoms with Crippen molar-refractivity contribution in [3.8, 4) is 0 Å². The van der Waals surface area contributed by atoms with Gasteiger partial charge in [-0.1, -0.05) is 6.92 Å². The molecule has 2 saturated heterocycles. The molecule has 0 bridgehead atoms. The van der Waals surface area contributed by atoms with Crippen molar-refractivity contribution in [3.05, 3.63) is 0 Å². The molecule has 0 spiro atoms. The molecule has 2 heterocycles. The summed E-state index contributed by atoms with van der Waals surface area (Å²) < 4.78 is 0. The van der Waals surface area contributed by atoms with Gasteiger partial charge in [0.1, 0.15) is 0 Å². The minimum atomic E-state index is 0.158. The molecule has 4 nitrogen and oxygen atoms in total. The molecule has 2 N–H and O–H groups in total. The van der Waals surface area contributed by atoms with Crippen LogP contribution in [-0.4, -0.2) is 49.6 Å². The topological polar surface area (TPSA) is 44.4 Å². The lowest BCUT2D eigenvalue weighted by Gasteiger charge is -2.36. The van der Waals surface area contributed by atoms with E-state index in [9.17, 15) is 4.79 Å². The fourth-order valence-electron chi connectivity index (χ4n) is 3.02. The Morgan fingerprint density at radius 3 is 2.68 bits per heavy atom. The van der Waals surface area contributed by atoms with Crippen molar-refractivity contribution >= 4 is 5.91 Å². The number of rotatable bonds is 5. The van der Waals surface area contributed by atoms with Gasteiger partial charge >= 0.3 is 0 Å². The van der Waals surface area contributed by atoms with E-state index in [1.807, 2.05) is 0 Å². The van der Waals surface area contributed by atoms with Crippen LogP contribution in [0.5, 0.6) is 0 Å². The smallest absolute Gasteiger partial charge is 0.223 e. The van der Waals surface area contributed by atoms with Gasteiger partial charge in [0.15, 0.2) is 0 Å². The van der Waals surface area contributed by atoms with Crippen LogP contribution in [0.15, 0.2) is 0 Å². The summed E-state index contributed by atoms with van der Waals surface area (Å²) in [5.74, 6) is 1.57. The van der Waals surface area contributed by atoms with Crippen molar-refractivity contribution in [1.29, 1.82) is 0 Å². The molecule has 2 unspecified atom stereocenters. The molecule has 110 valence electrons. The van der Waals surface area contributed by atoms with E-state index < -0.39 is 0 Å². The second-order valence-corrected chi connectivity index (χ2v) is 6.55. The summed E-state index contributed by atoms with van der Waals surface area (Å²) in [6, 6.07) is 0.624. The van der Waals surface area contributed by atoms with Gasteiger partial charge in [-0.3, -0.25) is 4.79 Å². The highest BCUT2D eigenvalue weighted by Gasteiger charge is 2.29. The summed E-state index contributed by atoms with van der Waals surface area (Å²) in [6.45, 7) is 11.8. The predicted octanol–water partition coefficient (Wildman–Crippen LogP) is 1.08. The van der Waals surface area contributed by atoms with E-state index in [2.05, 4.69) is 36.3 Å². The van der Waals surface area contributed by atoms with E-state index >= 15 is 0 Å². The molecular formula is C15H29N3O. The van der Waals surface area contributed by atoms with Crippen LogP contribution in [0.2, 0.25) is 0 Å². The molecule has 0 saturated carbocycles. The van der Waals surface area contributed by atoms with Crippen LogP contribution < -0.4 is 10.6 Å². The summed E-state index contributed by atoms with van der Waals surface area (Å²) in [5.41, 5.74) is 0. The summed E-state index contributed by atoms with van der Waals surface area (Å²) in [4.78, 5) is 14.6. The van der Waals surface area contributed by atoms with E-state index in [-0.39, 0.29) is 11.8 Å². The highest BCUT2D eigenvalue weighted by Crippen LogP contribution is 2.19. The fourth-order valence-corrected chi connectivity index (χ4v) is 3.02. The van der Waals surface area contributed by atoms with Crippen molar-refractivity contribution in [2.45, 2.75) is 39.7 Å². The Morgan fingerprint density at radius 1 is 1.37 bits per heavy atom. The molecule has 2 fully saturated rings. The van der Waals surface area contributed by atoms with Crippen LogP contribution in [0.25, 0.3) is 0 Å². The Labute approximate surface area is 117 Å². The zero-order valence-electron chi connectivity index (χ0n) is 12.6. The standard InChI is InChI=1S/C15H29N3O/c1-11(2)18-6-4-5-13(10-18)7-17-15(19)12(3)14-8-16-9-14/h11-14,16H,4-10H2,1-3H3,(H,17,19). The maximum absolute atomic E-state index is 12.1. The molecule has 0 aromatic carbocycles. The van der Waals surface area contributed by atoms with Crippen LogP contribution in [0.1, 0.15) is 33.6 Å². The Bertz CT molecular complexity index is 302. The van der Waals surface area contributed by atoms with Crippen LogP contribution in [0.3, 0.4) is 0 Å². The number of hydrogen-bond acceptors (Lipinski definition) is 3. The average Bonchev–Trinajstić information content (AvgIpc) is 2.34. The third kappa shape index (κ3) is 3.93. The first-order valence-corrected chi connectivity index (χ1v) is 7.80. The molecular weight excluding hydrogens is 238 g/mol. The lowest BCUT2D eigenvalue weighted by atomic mass is 9.88. The predicted molar refractivity (Wildman–Crippen MR) is 78.0 cm³/mol. The number of nitrogens with one attached hydrogen (secondary N) is 2. The van der Waals surface area contributed by atoms with Gasteiger partial charge in [-0.05, 0) is 58.2 Å². The average molecular weight is 267 g/mol. The lowest BCUT2D eigenvalue weighted by molar-refractivity contribution is -0.127. The highest BCUT2D eigenvalue weighted by atomic mass is 16.1. The molecule has 19 heavy (non-hydrogen) atoms. The minimum absolute atomic E-state index is 0.158. The second-order valence-electron chi connectivity index (χ2n) is 6.55. The van der Waals surface area contributed by atoms with Crippen LogP contribution in [-0.2, 0) is 4.79 Å². The van der Waals surface area contributed by atoms with Crippen LogP contribution in [0, 0.1) is 17.8 Å². The first-order chi connectivity index (χ1) is 9.08. The van der Waals surface area contributed by atoms with Crippen LogP contribution in [0.4, 0.5) is 0 Å². The Balaban J connectivity index is 1.70. The van der Waals surface area contributed by atoms with E-state index in [1.54, 1.807) is 0 Å². The zero-order chi connectivity index (χ0) is 13.8. The second kappa shape index (κ2) is 6.71. The molecule has 0 aromatic rings.